The van der Waals surface area contributed by atoms with Gasteiger partial charge in [0, 0.05) is 34.4 Å². The summed E-state index contributed by atoms with van der Waals surface area (Å²) in [4.78, 5) is 12.8. The van der Waals surface area contributed by atoms with Gasteiger partial charge in [0.15, 0.2) is 0 Å². The molecule has 0 radical (unpaired) electrons. The van der Waals surface area contributed by atoms with Crippen LogP contribution in [0, 0.1) is 6.92 Å². The van der Waals surface area contributed by atoms with Crippen molar-refractivity contribution in [1.29, 1.82) is 0 Å². The van der Waals surface area contributed by atoms with E-state index in [1.165, 1.54) is 5.39 Å². The molecule has 112 valence electrons. The lowest BCUT2D eigenvalue weighted by Gasteiger charge is -2.04. The third-order valence-electron chi connectivity index (χ3n) is 3.92. The second-order valence-electron chi connectivity index (χ2n) is 5.73. The molecule has 4 aromatic rings. The Labute approximate surface area is 135 Å². The molecule has 0 atom stereocenters. The maximum Gasteiger partial charge on any atom is 0.0868 e. The number of aromatic nitrogens is 3. The van der Waals surface area contributed by atoms with Gasteiger partial charge in [0.25, 0.3) is 0 Å². The fourth-order valence-electron chi connectivity index (χ4n) is 2.82. The van der Waals surface area contributed by atoms with Crippen LogP contribution < -0.4 is 0 Å². The topological polar surface area (TPSA) is 41.6 Å². The van der Waals surface area contributed by atoms with Gasteiger partial charge in [-0.15, -0.1) is 0 Å². The Balaban J connectivity index is 1.68. The molecular formula is C20H17N3. The monoisotopic (exact) mass is 299 g/mol. The highest BCUT2D eigenvalue weighted by Gasteiger charge is 2.06. The van der Waals surface area contributed by atoms with E-state index in [9.17, 15) is 0 Å². The second-order valence-corrected chi connectivity index (χ2v) is 5.73. The number of H-pyrrole nitrogens is 1. The number of hydrogen-bond donors (Lipinski definition) is 1. The van der Waals surface area contributed by atoms with Crippen molar-refractivity contribution in [2.24, 2.45) is 0 Å². The van der Waals surface area contributed by atoms with E-state index in [2.05, 4.69) is 40.3 Å². The molecule has 0 bridgehead atoms. The van der Waals surface area contributed by atoms with Crippen LogP contribution in [0.3, 0.4) is 0 Å². The number of fused-ring (bicyclic) bond motifs is 1. The summed E-state index contributed by atoms with van der Waals surface area (Å²) in [5, 5.41) is 1.20. The van der Waals surface area contributed by atoms with Crippen molar-refractivity contribution in [3.05, 3.63) is 83.8 Å². The van der Waals surface area contributed by atoms with Crippen molar-refractivity contribution < 1.29 is 0 Å². The fraction of sp³-hybridized carbons (Fsp3) is 0.100. The molecule has 3 heteroatoms. The van der Waals surface area contributed by atoms with Gasteiger partial charge in [0.2, 0.25) is 0 Å². The normalized spacial score (nSPS) is 11.0. The molecule has 23 heavy (non-hydrogen) atoms. The Kier molecular flexibility index (Phi) is 3.39. The molecule has 3 heterocycles. The Hall–Kier alpha value is -2.94. The molecule has 1 N–H and O–H groups in total. The van der Waals surface area contributed by atoms with Crippen LogP contribution in [-0.2, 0) is 6.42 Å². The number of aromatic amines is 1. The average molecular weight is 299 g/mol. The molecule has 0 fully saturated rings. The Bertz CT molecular complexity index is 936. The molecule has 1 aromatic carbocycles. The van der Waals surface area contributed by atoms with Crippen molar-refractivity contribution in [2.45, 2.75) is 13.3 Å². The number of nitrogens with one attached hydrogen (secondary N) is 1. The van der Waals surface area contributed by atoms with Crippen LogP contribution in [0.1, 0.15) is 17.1 Å². The largest absolute Gasteiger partial charge is 0.353 e. The van der Waals surface area contributed by atoms with Gasteiger partial charge >= 0.3 is 0 Å². The highest BCUT2D eigenvalue weighted by Crippen LogP contribution is 2.23. The Morgan fingerprint density at radius 1 is 0.826 bits per heavy atom. The highest BCUT2D eigenvalue weighted by atomic mass is 14.8. The summed E-state index contributed by atoms with van der Waals surface area (Å²) < 4.78 is 0. The van der Waals surface area contributed by atoms with Gasteiger partial charge in [0.05, 0.1) is 11.4 Å². The van der Waals surface area contributed by atoms with Crippen molar-refractivity contribution in [3.63, 3.8) is 0 Å². The average Bonchev–Trinajstić information content (AvgIpc) is 2.99. The zero-order chi connectivity index (χ0) is 15.6. The molecule has 0 saturated heterocycles. The zero-order valence-corrected chi connectivity index (χ0v) is 13.0. The summed E-state index contributed by atoms with van der Waals surface area (Å²) in [5.41, 5.74) is 6.26. The molecular weight excluding hydrogens is 282 g/mol. The summed E-state index contributed by atoms with van der Waals surface area (Å²) in [5.74, 6) is 0. The van der Waals surface area contributed by atoms with Crippen LogP contribution in [-0.4, -0.2) is 15.0 Å². The minimum Gasteiger partial charge on any atom is -0.353 e. The van der Waals surface area contributed by atoms with Gasteiger partial charge in [-0.25, -0.2) is 0 Å². The van der Waals surface area contributed by atoms with E-state index in [0.717, 1.165) is 40.4 Å². The molecule has 3 nitrogen and oxygen atoms in total. The molecule has 0 aliphatic rings. The third kappa shape index (κ3) is 2.86. The van der Waals surface area contributed by atoms with Crippen molar-refractivity contribution in [1.82, 2.24) is 15.0 Å². The summed E-state index contributed by atoms with van der Waals surface area (Å²) in [6, 6.07) is 22.7. The Morgan fingerprint density at radius 3 is 2.43 bits per heavy atom. The lowest BCUT2D eigenvalue weighted by molar-refractivity contribution is 0.993. The molecule has 4 rings (SSSR count). The number of aryl methyl sites for hydroxylation is 1. The number of rotatable bonds is 3. The molecule has 0 unspecified atom stereocenters. The van der Waals surface area contributed by atoms with Gasteiger partial charge in [-0.1, -0.05) is 30.3 Å². The van der Waals surface area contributed by atoms with Gasteiger partial charge in [-0.3, -0.25) is 9.97 Å². The van der Waals surface area contributed by atoms with E-state index in [4.69, 9.17) is 4.98 Å². The van der Waals surface area contributed by atoms with Crippen molar-refractivity contribution in [3.8, 4) is 11.4 Å². The van der Waals surface area contributed by atoms with Crippen LogP contribution in [0.5, 0.6) is 0 Å². The minimum absolute atomic E-state index is 0.746. The van der Waals surface area contributed by atoms with Gasteiger partial charge in [-0.2, -0.15) is 0 Å². The lowest BCUT2D eigenvalue weighted by Crippen LogP contribution is -1.97. The maximum atomic E-state index is 4.79. The number of hydrogen-bond acceptors (Lipinski definition) is 2. The van der Waals surface area contributed by atoms with E-state index in [-0.39, 0.29) is 0 Å². The first-order chi connectivity index (χ1) is 11.3. The van der Waals surface area contributed by atoms with E-state index < -0.39 is 0 Å². The molecule has 0 aliphatic heterocycles. The molecule has 0 amide bonds. The maximum absolute atomic E-state index is 4.79. The van der Waals surface area contributed by atoms with E-state index in [0.29, 0.717) is 0 Å². The number of nitrogens with zero attached hydrogens (tertiary/aromatic N) is 2. The molecule has 0 spiro atoms. The van der Waals surface area contributed by atoms with Gasteiger partial charge in [0.1, 0.15) is 0 Å². The van der Waals surface area contributed by atoms with Crippen molar-refractivity contribution in [2.75, 3.05) is 0 Å². The minimum atomic E-state index is 0.746. The fourth-order valence-corrected chi connectivity index (χ4v) is 2.82. The van der Waals surface area contributed by atoms with Crippen LogP contribution in [0.2, 0.25) is 0 Å². The number of benzene rings is 1. The van der Waals surface area contributed by atoms with Crippen LogP contribution in [0.4, 0.5) is 0 Å². The predicted molar refractivity (Wildman–Crippen MR) is 93.3 cm³/mol. The summed E-state index contributed by atoms with van der Waals surface area (Å²) in [6.45, 7) is 2.01. The summed E-state index contributed by atoms with van der Waals surface area (Å²) in [6.07, 6.45) is 0.746. The molecule has 0 aliphatic carbocycles. The third-order valence-corrected chi connectivity index (χ3v) is 3.92. The molecule has 3 aromatic heterocycles. The second kappa shape index (κ2) is 5.69. The SMILES string of the molecule is Cc1cccc(Cc2cccc(-c3cc4ccccc4[nH]3)n2)n1. The van der Waals surface area contributed by atoms with Gasteiger partial charge < -0.3 is 4.98 Å². The van der Waals surface area contributed by atoms with Crippen LogP contribution in [0.15, 0.2) is 66.7 Å². The predicted octanol–water partition coefficient (Wildman–Crippen LogP) is 4.52. The lowest BCUT2D eigenvalue weighted by atomic mass is 10.1. The van der Waals surface area contributed by atoms with Crippen LogP contribution >= 0.6 is 0 Å². The quantitative estimate of drug-likeness (QED) is 0.604. The van der Waals surface area contributed by atoms with Crippen molar-refractivity contribution >= 4 is 10.9 Å². The zero-order valence-electron chi connectivity index (χ0n) is 13.0. The summed E-state index contributed by atoms with van der Waals surface area (Å²) in [7, 11) is 0. The Morgan fingerprint density at radius 2 is 1.61 bits per heavy atom. The van der Waals surface area contributed by atoms with E-state index in [1.807, 2.05) is 43.3 Å². The standard InChI is InChI=1S/C20H17N3/c1-14-6-4-8-16(21-14)13-17-9-5-11-19(22-17)20-12-15-7-2-3-10-18(15)23-20/h2-12,23H,13H2,1H3. The number of pyridine rings is 2. The number of para-hydroxylation sites is 1. The molecule has 0 saturated carbocycles. The smallest absolute Gasteiger partial charge is 0.0868 e. The highest BCUT2D eigenvalue weighted by molar-refractivity contribution is 5.85. The summed E-state index contributed by atoms with van der Waals surface area (Å²) >= 11 is 0. The van der Waals surface area contributed by atoms with E-state index >= 15 is 0 Å². The van der Waals surface area contributed by atoms with E-state index in [1.54, 1.807) is 0 Å². The van der Waals surface area contributed by atoms with Crippen LogP contribution in [0.25, 0.3) is 22.3 Å². The van der Waals surface area contributed by atoms with Gasteiger partial charge in [-0.05, 0) is 43.3 Å². The first-order valence-electron chi connectivity index (χ1n) is 7.74. The first-order valence-corrected chi connectivity index (χ1v) is 7.74. The first kappa shape index (κ1) is 13.7.